The van der Waals surface area contributed by atoms with Crippen LogP contribution in [0, 0.1) is 0 Å². The van der Waals surface area contributed by atoms with Crippen molar-refractivity contribution in [2.75, 3.05) is 14.7 Å². The molecule has 0 amide bonds. The molecule has 0 radical (unpaired) electrons. The van der Waals surface area contributed by atoms with Crippen LogP contribution in [0.4, 0.5) is 45.5 Å². The van der Waals surface area contributed by atoms with Gasteiger partial charge in [0.1, 0.15) is 0 Å². The van der Waals surface area contributed by atoms with E-state index < -0.39 is 0 Å². The van der Waals surface area contributed by atoms with Crippen molar-refractivity contribution in [1.82, 2.24) is 0 Å². The van der Waals surface area contributed by atoms with Gasteiger partial charge in [-0.3, -0.25) is 0 Å². The number of hydrogen-bond donors (Lipinski definition) is 0. The molecule has 67 heavy (non-hydrogen) atoms. The van der Waals surface area contributed by atoms with Gasteiger partial charge in [-0.2, -0.15) is 0 Å². The molecule has 2 atom stereocenters. The molecule has 0 fully saturated rings. The molecule has 3 heterocycles. The van der Waals surface area contributed by atoms with Gasteiger partial charge in [-0.1, -0.05) is 185 Å². The molecule has 0 bridgehead atoms. The van der Waals surface area contributed by atoms with Crippen LogP contribution in [0.1, 0.15) is 55.5 Å². The SMILES string of the molecule is CC(C)(C)c1ccc(N2c3ccccc3B3c4ccccc4N(c4ccccc4)c4cc(N5c6ccccc6C6(c7ccccc7)Cc7ccccc7CC56C)cc2c43)c(-c2ccccc2)c1. The van der Waals surface area contributed by atoms with Gasteiger partial charge >= 0.3 is 0 Å². The molecule has 322 valence electrons. The lowest BCUT2D eigenvalue weighted by Crippen LogP contribution is -2.62. The fourth-order valence-corrected chi connectivity index (χ4v) is 12.7. The summed E-state index contributed by atoms with van der Waals surface area (Å²) in [4.78, 5) is 7.93. The standard InChI is InChI=1S/C63H52BN3/c1-61(2,3)47-36-37-54(50(38-47)43-22-8-5-9-23-43)66-57-35-21-18-32-53(57)64-52-31-17-20-34-56(52)65(48-28-12-7-13-29-48)58-39-49(40-59(66)60(58)64)67-55-33-19-16-30-51(55)63(46-26-10-6-11-27-46)42-45-25-15-14-24-44(45)41-62(63,67)4/h5-40H,41-42H2,1-4H3. The van der Waals surface area contributed by atoms with Crippen molar-refractivity contribution in [3.8, 4) is 11.1 Å². The maximum Gasteiger partial charge on any atom is 0.252 e. The number of fused-ring (bicyclic) bond motifs is 8. The van der Waals surface area contributed by atoms with Gasteiger partial charge in [-0.25, -0.2) is 0 Å². The molecule has 3 nitrogen and oxygen atoms in total. The van der Waals surface area contributed by atoms with E-state index >= 15 is 0 Å². The van der Waals surface area contributed by atoms with Gasteiger partial charge in [0.25, 0.3) is 6.71 Å². The van der Waals surface area contributed by atoms with Gasteiger partial charge in [0.05, 0.1) is 11.2 Å². The van der Waals surface area contributed by atoms with E-state index in [0.29, 0.717) is 0 Å². The smallest absolute Gasteiger partial charge is 0.252 e. The molecule has 0 saturated heterocycles. The summed E-state index contributed by atoms with van der Waals surface area (Å²) in [5.74, 6) is 0. The Kier molecular flexibility index (Phi) is 8.74. The summed E-state index contributed by atoms with van der Waals surface area (Å²) in [6.45, 7) is 9.53. The third-order valence-electron chi connectivity index (χ3n) is 15.7. The Balaban J connectivity index is 1.16. The lowest BCUT2D eigenvalue weighted by Gasteiger charge is -2.53. The van der Waals surface area contributed by atoms with Crippen LogP contribution in [-0.4, -0.2) is 12.3 Å². The molecule has 13 rings (SSSR count). The van der Waals surface area contributed by atoms with Crippen molar-refractivity contribution in [3.63, 3.8) is 0 Å². The highest BCUT2D eigenvalue weighted by molar-refractivity contribution is 7.00. The Morgan fingerprint density at radius 3 is 1.66 bits per heavy atom. The normalized spacial score (nSPS) is 18.6. The van der Waals surface area contributed by atoms with Crippen molar-refractivity contribution >= 4 is 68.6 Å². The van der Waals surface area contributed by atoms with Crippen LogP contribution in [0.15, 0.2) is 218 Å². The molecule has 0 saturated carbocycles. The first-order chi connectivity index (χ1) is 32.7. The van der Waals surface area contributed by atoms with Gasteiger partial charge in [0, 0.05) is 50.8 Å². The van der Waals surface area contributed by atoms with E-state index in [4.69, 9.17) is 0 Å². The van der Waals surface area contributed by atoms with Gasteiger partial charge in [-0.05, 0) is 130 Å². The zero-order chi connectivity index (χ0) is 45.1. The van der Waals surface area contributed by atoms with E-state index in [2.05, 4.69) is 261 Å². The predicted molar refractivity (Wildman–Crippen MR) is 283 cm³/mol. The molecule has 1 aliphatic carbocycles. The van der Waals surface area contributed by atoms with E-state index in [-0.39, 0.29) is 23.1 Å². The molecule has 9 aromatic carbocycles. The summed E-state index contributed by atoms with van der Waals surface area (Å²) in [7, 11) is 0. The first-order valence-corrected chi connectivity index (χ1v) is 24.0. The second-order valence-corrected chi connectivity index (χ2v) is 20.3. The number of hydrogen-bond acceptors (Lipinski definition) is 3. The Labute approximate surface area is 395 Å². The first kappa shape index (κ1) is 39.8. The minimum atomic E-state index is -0.377. The predicted octanol–water partition coefficient (Wildman–Crippen LogP) is 13.7. The average molecular weight is 862 g/mol. The van der Waals surface area contributed by atoms with Crippen LogP contribution >= 0.6 is 0 Å². The van der Waals surface area contributed by atoms with Crippen LogP contribution in [0.25, 0.3) is 11.1 Å². The second-order valence-electron chi connectivity index (χ2n) is 20.3. The van der Waals surface area contributed by atoms with Crippen LogP contribution in [0.5, 0.6) is 0 Å². The van der Waals surface area contributed by atoms with E-state index in [9.17, 15) is 0 Å². The highest BCUT2D eigenvalue weighted by Crippen LogP contribution is 2.63. The Morgan fingerprint density at radius 2 is 0.985 bits per heavy atom. The lowest BCUT2D eigenvalue weighted by molar-refractivity contribution is 0.281. The van der Waals surface area contributed by atoms with Gasteiger partial charge in [0.15, 0.2) is 0 Å². The monoisotopic (exact) mass is 861 g/mol. The fourth-order valence-electron chi connectivity index (χ4n) is 12.7. The van der Waals surface area contributed by atoms with E-state index in [0.717, 1.165) is 18.5 Å². The quantitative estimate of drug-likeness (QED) is 0.160. The molecule has 0 spiro atoms. The van der Waals surface area contributed by atoms with Crippen LogP contribution in [0.2, 0.25) is 0 Å². The van der Waals surface area contributed by atoms with Gasteiger partial charge in [0.2, 0.25) is 0 Å². The summed E-state index contributed by atoms with van der Waals surface area (Å²) in [5, 5.41) is 0. The van der Waals surface area contributed by atoms with Crippen LogP contribution < -0.4 is 31.1 Å². The molecule has 9 aromatic rings. The summed E-state index contributed by atoms with van der Waals surface area (Å²) < 4.78 is 0. The summed E-state index contributed by atoms with van der Waals surface area (Å²) >= 11 is 0. The summed E-state index contributed by atoms with van der Waals surface area (Å²) in [6.07, 6.45) is 1.81. The van der Waals surface area contributed by atoms with Crippen molar-refractivity contribution in [2.24, 2.45) is 0 Å². The van der Waals surface area contributed by atoms with E-state index in [1.165, 1.54) is 95.1 Å². The molecule has 0 N–H and O–H groups in total. The number of para-hydroxylation sites is 4. The Morgan fingerprint density at radius 1 is 0.448 bits per heavy atom. The zero-order valence-corrected chi connectivity index (χ0v) is 38.6. The highest BCUT2D eigenvalue weighted by Gasteiger charge is 2.62. The summed E-state index contributed by atoms with van der Waals surface area (Å²) in [5.41, 5.74) is 22.2. The largest absolute Gasteiger partial charge is 0.334 e. The van der Waals surface area contributed by atoms with Gasteiger partial charge < -0.3 is 14.7 Å². The van der Waals surface area contributed by atoms with Crippen molar-refractivity contribution in [3.05, 3.63) is 246 Å². The average Bonchev–Trinajstić information content (AvgIpc) is 3.60. The highest BCUT2D eigenvalue weighted by atomic mass is 15.3. The molecule has 4 aliphatic rings. The van der Waals surface area contributed by atoms with Crippen molar-refractivity contribution < 1.29 is 0 Å². The topological polar surface area (TPSA) is 9.72 Å². The van der Waals surface area contributed by atoms with Crippen molar-refractivity contribution in [2.45, 2.75) is 56.9 Å². The third kappa shape index (κ3) is 5.72. The van der Waals surface area contributed by atoms with Crippen molar-refractivity contribution in [1.29, 1.82) is 0 Å². The van der Waals surface area contributed by atoms with Crippen LogP contribution in [-0.2, 0) is 23.7 Å². The number of rotatable bonds is 5. The maximum absolute atomic E-state index is 2.76. The van der Waals surface area contributed by atoms with Gasteiger partial charge in [-0.15, -0.1) is 0 Å². The lowest BCUT2D eigenvalue weighted by atomic mass is 9.33. The molecular formula is C63H52BN3. The van der Waals surface area contributed by atoms with E-state index in [1.807, 2.05) is 0 Å². The minimum absolute atomic E-state index is 0.0168. The number of nitrogens with zero attached hydrogens (tertiary/aromatic N) is 3. The molecule has 0 aromatic heterocycles. The molecule has 3 aliphatic heterocycles. The second kappa shape index (κ2) is 14.7. The zero-order valence-electron chi connectivity index (χ0n) is 38.6. The third-order valence-corrected chi connectivity index (χ3v) is 15.7. The maximum atomic E-state index is 2.76. The summed E-state index contributed by atoms with van der Waals surface area (Å²) in [6, 6.07) is 82.6. The fraction of sp³-hybridized carbons (Fsp3) is 0.143. The van der Waals surface area contributed by atoms with E-state index in [1.54, 1.807) is 0 Å². The molecular weight excluding hydrogens is 810 g/mol. The molecule has 4 heteroatoms. The first-order valence-electron chi connectivity index (χ1n) is 24.0. The van der Waals surface area contributed by atoms with Crippen LogP contribution in [0.3, 0.4) is 0 Å². The number of benzene rings is 9. The Bertz CT molecular complexity index is 3390. The number of anilines is 8. The Hall–Kier alpha value is -7.56. The molecule has 2 unspecified atom stereocenters. The minimum Gasteiger partial charge on any atom is -0.334 e.